The van der Waals surface area contributed by atoms with Gasteiger partial charge in [-0.25, -0.2) is 0 Å². The van der Waals surface area contributed by atoms with Crippen LogP contribution in [0.15, 0.2) is 12.7 Å². The van der Waals surface area contributed by atoms with E-state index < -0.39 is 0 Å². The molecule has 1 atom stereocenters. The monoisotopic (exact) mass is 186 g/mol. The van der Waals surface area contributed by atoms with E-state index >= 15 is 0 Å². The van der Waals surface area contributed by atoms with Gasteiger partial charge in [0.25, 0.3) is 0 Å². The summed E-state index contributed by atoms with van der Waals surface area (Å²) in [7, 11) is 0. The summed E-state index contributed by atoms with van der Waals surface area (Å²) in [5.74, 6) is 1.72. The van der Waals surface area contributed by atoms with Crippen molar-refractivity contribution >= 4 is 17.7 Å². The fourth-order valence-electron chi connectivity index (χ4n) is 1.24. The molecule has 0 aromatic rings. The molecule has 0 aliphatic carbocycles. The lowest BCUT2D eigenvalue weighted by atomic mass is 10.2. The number of thioether (sulfide) groups is 1. The van der Waals surface area contributed by atoms with Gasteiger partial charge >= 0.3 is 0 Å². The lowest BCUT2D eigenvalue weighted by molar-refractivity contribution is -0.129. The molecule has 1 rings (SSSR count). The summed E-state index contributed by atoms with van der Waals surface area (Å²) >= 11 is 1.66. The topological polar surface area (TPSA) is 46.3 Å². The van der Waals surface area contributed by atoms with Gasteiger partial charge in [-0.15, -0.1) is 18.3 Å². The smallest absolute Gasteiger partial charge is 0.233 e. The lowest BCUT2D eigenvalue weighted by Crippen LogP contribution is -2.49. The van der Waals surface area contributed by atoms with Gasteiger partial charge in [-0.2, -0.15) is 0 Å². The van der Waals surface area contributed by atoms with Crippen LogP contribution in [0.3, 0.4) is 0 Å². The van der Waals surface area contributed by atoms with Crippen molar-refractivity contribution in [1.82, 2.24) is 4.90 Å². The molecule has 68 valence electrons. The van der Waals surface area contributed by atoms with Crippen LogP contribution in [0.1, 0.15) is 0 Å². The van der Waals surface area contributed by atoms with Crippen LogP contribution in [-0.2, 0) is 4.79 Å². The third kappa shape index (κ3) is 2.01. The summed E-state index contributed by atoms with van der Waals surface area (Å²) in [6.45, 7) is 4.79. The zero-order chi connectivity index (χ0) is 8.97. The quantitative estimate of drug-likeness (QED) is 0.635. The van der Waals surface area contributed by atoms with Crippen molar-refractivity contribution in [2.45, 2.75) is 6.04 Å². The second-order valence-electron chi connectivity index (χ2n) is 2.74. The van der Waals surface area contributed by atoms with Crippen LogP contribution >= 0.6 is 11.8 Å². The van der Waals surface area contributed by atoms with Gasteiger partial charge in [0.1, 0.15) is 0 Å². The zero-order valence-corrected chi connectivity index (χ0v) is 7.85. The van der Waals surface area contributed by atoms with Crippen molar-refractivity contribution in [2.24, 2.45) is 5.73 Å². The van der Waals surface area contributed by atoms with Gasteiger partial charge in [-0.1, -0.05) is 6.08 Å². The largest absolute Gasteiger partial charge is 0.333 e. The van der Waals surface area contributed by atoms with Crippen molar-refractivity contribution in [3.05, 3.63) is 12.7 Å². The third-order valence-corrected chi connectivity index (χ3v) is 2.97. The Balaban J connectivity index is 2.58. The minimum absolute atomic E-state index is 0.182. The Morgan fingerprint density at radius 2 is 2.58 bits per heavy atom. The van der Waals surface area contributed by atoms with Crippen LogP contribution in [0.5, 0.6) is 0 Å². The maximum absolute atomic E-state index is 11.4. The third-order valence-electron chi connectivity index (χ3n) is 1.89. The molecule has 0 aromatic carbocycles. The average molecular weight is 186 g/mol. The molecular formula is C8H14N2OS. The van der Waals surface area contributed by atoms with Crippen LogP contribution in [0.25, 0.3) is 0 Å². The molecule has 12 heavy (non-hydrogen) atoms. The first-order valence-corrected chi connectivity index (χ1v) is 5.13. The van der Waals surface area contributed by atoms with Crippen LogP contribution in [0.2, 0.25) is 0 Å². The summed E-state index contributed by atoms with van der Waals surface area (Å²) in [6.07, 6.45) is 1.75. The minimum atomic E-state index is 0.182. The Kier molecular flexibility index (Phi) is 3.62. The molecule has 3 nitrogen and oxygen atoms in total. The minimum Gasteiger partial charge on any atom is -0.333 e. The molecule has 1 saturated heterocycles. The second kappa shape index (κ2) is 4.52. The molecule has 0 bridgehead atoms. The number of nitrogens with zero attached hydrogens (tertiary/aromatic N) is 1. The number of carbonyl (C=O) groups excluding carboxylic acids is 1. The predicted molar refractivity (Wildman–Crippen MR) is 52.1 cm³/mol. The number of amides is 1. The van der Waals surface area contributed by atoms with Gasteiger partial charge in [0.05, 0.1) is 11.8 Å². The molecule has 0 radical (unpaired) electrons. The zero-order valence-electron chi connectivity index (χ0n) is 7.03. The highest BCUT2D eigenvalue weighted by Crippen LogP contribution is 2.16. The Bertz CT molecular complexity index is 184. The van der Waals surface area contributed by atoms with Gasteiger partial charge in [-0.3, -0.25) is 4.79 Å². The van der Waals surface area contributed by atoms with Gasteiger partial charge in [-0.05, 0) is 0 Å². The molecule has 4 heteroatoms. The van der Waals surface area contributed by atoms with Crippen molar-refractivity contribution in [3.8, 4) is 0 Å². The van der Waals surface area contributed by atoms with Gasteiger partial charge in [0.15, 0.2) is 0 Å². The van der Waals surface area contributed by atoms with E-state index in [0.717, 1.165) is 5.75 Å². The molecule has 1 aliphatic rings. The summed E-state index contributed by atoms with van der Waals surface area (Å²) in [4.78, 5) is 13.2. The first kappa shape index (κ1) is 9.61. The molecule has 2 N–H and O–H groups in total. The number of nitrogens with two attached hydrogens (primary N) is 1. The Morgan fingerprint density at radius 1 is 1.83 bits per heavy atom. The van der Waals surface area contributed by atoms with Gasteiger partial charge < -0.3 is 10.6 Å². The molecule has 1 unspecified atom stereocenters. The molecular weight excluding hydrogens is 172 g/mol. The standard InChI is InChI=1S/C8H14N2OS/c1-2-3-10-7(4-9)5-12-6-8(10)11/h2,7H,1,3-6,9H2. The fraction of sp³-hybridized carbons (Fsp3) is 0.625. The summed E-state index contributed by atoms with van der Waals surface area (Å²) in [5, 5.41) is 0. The van der Waals surface area contributed by atoms with E-state index in [1.807, 2.05) is 4.90 Å². The van der Waals surface area contributed by atoms with Crippen LogP contribution < -0.4 is 5.73 Å². The van der Waals surface area contributed by atoms with Gasteiger partial charge in [0.2, 0.25) is 5.91 Å². The summed E-state index contributed by atoms with van der Waals surface area (Å²) in [6, 6.07) is 0.203. The van der Waals surface area contributed by atoms with E-state index in [1.165, 1.54) is 0 Å². The maximum atomic E-state index is 11.4. The van der Waals surface area contributed by atoms with E-state index in [2.05, 4.69) is 6.58 Å². The summed E-state index contributed by atoms with van der Waals surface area (Å²) in [5.41, 5.74) is 5.54. The first-order chi connectivity index (χ1) is 5.79. The summed E-state index contributed by atoms with van der Waals surface area (Å²) < 4.78 is 0. The number of hydrogen-bond acceptors (Lipinski definition) is 3. The van der Waals surface area contributed by atoms with Gasteiger partial charge in [0, 0.05) is 18.8 Å². The number of rotatable bonds is 3. The SMILES string of the molecule is C=CCN1C(=O)CSCC1CN. The highest BCUT2D eigenvalue weighted by atomic mass is 32.2. The molecule has 1 aliphatic heterocycles. The van der Waals surface area contributed by atoms with E-state index in [1.54, 1.807) is 17.8 Å². The van der Waals surface area contributed by atoms with Crippen molar-refractivity contribution in [1.29, 1.82) is 0 Å². The van der Waals surface area contributed by atoms with Crippen molar-refractivity contribution < 1.29 is 4.79 Å². The van der Waals surface area contributed by atoms with E-state index in [4.69, 9.17) is 5.73 Å². The fourth-order valence-corrected chi connectivity index (χ4v) is 2.29. The molecule has 1 heterocycles. The molecule has 0 saturated carbocycles. The Morgan fingerprint density at radius 3 is 3.17 bits per heavy atom. The molecule has 0 spiro atoms. The number of hydrogen-bond donors (Lipinski definition) is 1. The lowest BCUT2D eigenvalue weighted by Gasteiger charge is -2.33. The van der Waals surface area contributed by atoms with E-state index in [0.29, 0.717) is 18.8 Å². The van der Waals surface area contributed by atoms with Crippen LogP contribution in [-0.4, -0.2) is 41.4 Å². The number of carbonyl (C=O) groups is 1. The first-order valence-electron chi connectivity index (χ1n) is 3.97. The van der Waals surface area contributed by atoms with Crippen LogP contribution in [0, 0.1) is 0 Å². The van der Waals surface area contributed by atoms with E-state index in [9.17, 15) is 4.79 Å². The van der Waals surface area contributed by atoms with Crippen molar-refractivity contribution in [3.63, 3.8) is 0 Å². The molecule has 1 fully saturated rings. The van der Waals surface area contributed by atoms with Crippen LogP contribution in [0.4, 0.5) is 0 Å². The normalized spacial score (nSPS) is 24.2. The van der Waals surface area contributed by atoms with Crippen molar-refractivity contribution in [2.75, 3.05) is 24.6 Å². The molecule has 0 aromatic heterocycles. The Labute approximate surface area is 77.0 Å². The highest BCUT2D eigenvalue weighted by molar-refractivity contribution is 8.00. The average Bonchev–Trinajstić information content (AvgIpc) is 2.09. The second-order valence-corrected chi connectivity index (χ2v) is 3.77. The molecule has 1 amide bonds. The van der Waals surface area contributed by atoms with E-state index in [-0.39, 0.29) is 11.9 Å². The Hall–Kier alpha value is -0.480. The highest BCUT2D eigenvalue weighted by Gasteiger charge is 2.25. The predicted octanol–water partition coefficient (Wildman–Crippen LogP) is 0.0751. The maximum Gasteiger partial charge on any atom is 0.233 e.